The molecule has 0 fully saturated rings. The van der Waals surface area contributed by atoms with Gasteiger partial charge < -0.3 is 18.9 Å². The van der Waals surface area contributed by atoms with Gasteiger partial charge in [0.1, 0.15) is 46.0 Å². The highest BCUT2D eigenvalue weighted by molar-refractivity contribution is 7.99. The summed E-state index contributed by atoms with van der Waals surface area (Å²) >= 11 is 1.59. The van der Waals surface area contributed by atoms with Gasteiger partial charge in [0.25, 0.3) is 47.3 Å². The summed E-state index contributed by atoms with van der Waals surface area (Å²) in [5, 5.41) is 0. The van der Waals surface area contributed by atoms with Crippen molar-refractivity contribution < 1.29 is 62.1 Å². The van der Waals surface area contributed by atoms with Gasteiger partial charge in [-0.25, -0.2) is 19.6 Å². The normalized spacial score (nSPS) is 14.3. The van der Waals surface area contributed by atoms with E-state index in [-0.39, 0.29) is 29.4 Å². The second-order valence-corrected chi connectivity index (χ2v) is 19.3. The van der Waals surface area contributed by atoms with Gasteiger partial charge in [-0.3, -0.25) is 43.2 Å². The molecule has 8 amide bonds. The molecule has 0 saturated carbocycles. The highest BCUT2D eigenvalue weighted by Crippen LogP contribution is 2.35. The zero-order valence-electron chi connectivity index (χ0n) is 43.1. The number of imide groups is 4. The number of benzene rings is 8. The number of ketones is 1. The highest BCUT2D eigenvalue weighted by atomic mass is 32.2. The molecule has 8 aromatic carbocycles. The first kappa shape index (κ1) is 53.5. The molecule has 4 heterocycles. The van der Waals surface area contributed by atoms with Crippen molar-refractivity contribution in [2.45, 2.75) is 9.79 Å². The number of rotatable bonds is 16. The number of carbonyl (C=O) groups is 9. The average Bonchev–Trinajstić information content (AvgIpc) is 4.43. The predicted octanol–water partition coefficient (Wildman–Crippen LogP) is 11.6. The first-order chi connectivity index (χ1) is 40.3. The van der Waals surface area contributed by atoms with Crippen molar-refractivity contribution in [1.82, 2.24) is 0 Å². The molecule has 8 aromatic rings. The van der Waals surface area contributed by atoms with Gasteiger partial charge in [-0.2, -0.15) is 0 Å². The summed E-state index contributed by atoms with van der Waals surface area (Å²) < 4.78 is 23.5. The van der Waals surface area contributed by atoms with Crippen LogP contribution in [0, 0.1) is 0 Å². The number of hydrogen-bond donors (Lipinski definition) is 0. The van der Waals surface area contributed by atoms with Crippen molar-refractivity contribution in [3.63, 3.8) is 0 Å². The van der Waals surface area contributed by atoms with Crippen LogP contribution in [-0.4, -0.2) is 53.0 Å². The average molecular weight is 1120 g/mol. The van der Waals surface area contributed by atoms with Crippen LogP contribution in [0.3, 0.4) is 0 Å². The Morgan fingerprint density at radius 1 is 0.241 bits per heavy atom. The Bertz CT molecular complexity index is 3700. The largest absolute Gasteiger partial charge is 0.457 e. The van der Waals surface area contributed by atoms with E-state index in [0.717, 1.165) is 29.4 Å². The van der Waals surface area contributed by atoms with Crippen LogP contribution in [0.1, 0.15) is 15.9 Å². The number of carbonyl (C=O) groups excluding carboxylic acids is 9. The summed E-state index contributed by atoms with van der Waals surface area (Å²) in [6.07, 6.45) is 9.89. The maximum Gasteiger partial charge on any atom is 0.258 e. The minimum absolute atomic E-state index is 0.177. The highest BCUT2D eigenvalue weighted by Gasteiger charge is 2.28. The lowest BCUT2D eigenvalue weighted by Gasteiger charge is -2.14. The topological polar surface area (TPSA) is 204 Å². The Kier molecular flexibility index (Phi) is 15.1. The summed E-state index contributed by atoms with van der Waals surface area (Å²) in [6, 6.07) is 55.3. The molecule has 0 spiro atoms. The molecule has 404 valence electrons. The molecule has 0 radical (unpaired) electrons. The fourth-order valence-electron chi connectivity index (χ4n) is 8.62. The van der Waals surface area contributed by atoms with Gasteiger partial charge in [-0.05, 0) is 194 Å². The quantitative estimate of drug-likeness (QED) is 0.0652. The molecule has 18 heteroatoms. The van der Waals surface area contributed by atoms with Gasteiger partial charge in [0.2, 0.25) is 0 Å². The maximum absolute atomic E-state index is 13.0. The molecule has 4 aliphatic rings. The smallest absolute Gasteiger partial charge is 0.258 e. The summed E-state index contributed by atoms with van der Waals surface area (Å²) in [5.74, 6) is 1.32. The van der Waals surface area contributed by atoms with Crippen molar-refractivity contribution in [2.24, 2.45) is 0 Å². The van der Waals surface area contributed by atoms with E-state index in [2.05, 4.69) is 0 Å². The second-order valence-electron chi connectivity index (χ2n) is 18.2. The van der Waals surface area contributed by atoms with E-state index < -0.39 is 23.6 Å². The molecule has 0 bridgehead atoms. The van der Waals surface area contributed by atoms with Crippen LogP contribution < -0.4 is 38.5 Å². The van der Waals surface area contributed by atoms with Gasteiger partial charge in [0.15, 0.2) is 5.78 Å². The Hall–Kier alpha value is -11.5. The van der Waals surface area contributed by atoms with Crippen molar-refractivity contribution in [2.75, 3.05) is 19.6 Å². The third kappa shape index (κ3) is 12.2. The van der Waals surface area contributed by atoms with E-state index in [4.69, 9.17) is 18.9 Å². The molecule has 0 N–H and O–H groups in total. The van der Waals surface area contributed by atoms with Crippen molar-refractivity contribution in [3.8, 4) is 46.0 Å². The third-order valence-corrected chi connectivity index (χ3v) is 13.7. The van der Waals surface area contributed by atoms with E-state index in [1.54, 1.807) is 157 Å². The van der Waals surface area contributed by atoms with Crippen LogP contribution in [0.4, 0.5) is 22.7 Å². The maximum atomic E-state index is 13.0. The molecular formula is C65H40N4O13S. The summed E-state index contributed by atoms with van der Waals surface area (Å²) in [7, 11) is 0. The van der Waals surface area contributed by atoms with Crippen LogP contribution >= 0.6 is 11.8 Å². The molecular weight excluding hydrogens is 1080 g/mol. The molecule has 0 aliphatic carbocycles. The zero-order chi connectivity index (χ0) is 57.6. The standard InChI is InChI=1S/C33H20N2O7.C32H20N2O6S/c36-29-17-18-30(37)34(29)23-5-13-27(14-6-23)41-25-9-1-21(2-10-25)33(40)22-3-11-26(12-4-22)42-28-15-7-24(8-16-28)35-31(38)19-20-32(35)39;35-29-17-18-30(36)33(29)21-1-5-23(6-2-21)39-25-9-13-27(14-10-25)41-28-15-11-26(12-16-28)40-24-7-3-22(4-8-24)34-31(37)19-20-32(34)38/h1-20H;1-20H. The first-order valence-corrected chi connectivity index (χ1v) is 26.1. The van der Waals surface area contributed by atoms with Crippen molar-refractivity contribution in [1.29, 1.82) is 0 Å². The molecule has 12 rings (SSSR count). The van der Waals surface area contributed by atoms with Gasteiger partial charge in [0.05, 0.1) is 22.7 Å². The number of amides is 8. The summed E-state index contributed by atoms with van der Waals surface area (Å²) in [5.41, 5.74) is 2.82. The van der Waals surface area contributed by atoms with Crippen LogP contribution in [0.25, 0.3) is 0 Å². The first-order valence-electron chi connectivity index (χ1n) is 25.3. The Morgan fingerprint density at radius 3 is 0.602 bits per heavy atom. The lowest BCUT2D eigenvalue weighted by molar-refractivity contribution is -0.121. The van der Waals surface area contributed by atoms with E-state index in [0.29, 0.717) is 79.9 Å². The Morgan fingerprint density at radius 2 is 0.410 bits per heavy atom. The summed E-state index contributed by atoms with van der Waals surface area (Å²) in [6.45, 7) is 0. The van der Waals surface area contributed by atoms with Gasteiger partial charge in [-0.1, -0.05) is 11.8 Å². The fraction of sp³-hybridized carbons (Fsp3) is 0. The van der Waals surface area contributed by atoms with Crippen LogP contribution in [0.5, 0.6) is 46.0 Å². The van der Waals surface area contributed by atoms with E-state index >= 15 is 0 Å². The lowest BCUT2D eigenvalue weighted by atomic mass is 10.0. The molecule has 83 heavy (non-hydrogen) atoms. The third-order valence-electron chi connectivity index (χ3n) is 12.7. The molecule has 0 saturated heterocycles. The molecule has 0 atom stereocenters. The minimum atomic E-state index is -0.392. The number of ether oxygens (including phenoxy) is 4. The van der Waals surface area contributed by atoms with Gasteiger partial charge in [0, 0.05) is 69.5 Å². The lowest BCUT2D eigenvalue weighted by Crippen LogP contribution is -2.29. The number of hydrogen-bond acceptors (Lipinski definition) is 14. The Balaban J connectivity index is 0.000000174. The van der Waals surface area contributed by atoms with Crippen LogP contribution in [0.2, 0.25) is 0 Å². The van der Waals surface area contributed by atoms with Crippen molar-refractivity contribution >= 4 is 87.6 Å². The van der Waals surface area contributed by atoms with Crippen molar-refractivity contribution in [3.05, 3.63) is 254 Å². The van der Waals surface area contributed by atoms with Crippen LogP contribution in [-0.2, 0) is 38.4 Å². The molecule has 0 unspecified atom stereocenters. The minimum Gasteiger partial charge on any atom is -0.457 e. The Labute approximate surface area is 476 Å². The van der Waals surface area contributed by atoms with E-state index in [1.165, 1.54) is 48.6 Å². The SMILES string of the molecule is O=C(c1ccc(Oc2ccc(N3C(=O)C=CC3=O)cc2)cc1)c1ccc(Oc2ccc(N3C(=O)C=CC3=O)cc2)cc1.O=C1C=CC(=O)N1c1ccc(Oc2ccc(Sc3ccc(Oc4ccc(N5C(=O)C=CC5=O)cc4)cc3)cc2)cc1. The van der Waals surface area contributed by atoms with Crippen LogP contribution in [0.15, 0.2) is 253 Å². The second kappa shape index (κ2) is 23.5. The fourth-order valence-corrected chi connectivity index (χ4v) is 9.44. The van der Waals surface area contributed by atoms with Gasteiger partial charge >= 0.3 is 0 Å². The van der Waals surface area contributed by atoms with Gasteiger partial charge in [-0.15, -0.1) is 0 Å². The number of nitrogens with zero attached hydrogens (tertiary/aromatic N) is 4. The summed E-state index contributed by atoms with van der Waals surface area (Å²) in [4.78, 5) is 114. The molecule has 17 nitrogen and oxygen atoms in total. The molecule has 0 aromatic heterocycles. The van der Waals surface area contributed by atoms with E-state index in [1.807, 2.05) is 48.5 Å². The zero-order valence-corrected chi connectivity index (χ0v) is 43.9. The monoisotopic (exact) mass is 1120 g/mol. The predicted molar refractivity (Wildman–Crippen MR) is 306 cm³/mol. The van der Waals surface area contributed by atoms with E-state index in [9.17, 15) is 43.2 Å². The number of anilines is 4. The molecule has 4 aliphatic heterocycles.